The summed E-state index contributed by atoms with van der Waals surface area (Å²) in [7, 11) is -4.38. The molecule has 2 aromatic carbocycles. The normalized spacial score (nSPS) is 26.2. The first-order chi connectivity index (χ1) is 21.2. The van der Waals surface area contributed by atoms with E-state index in [2.05, 4.69) is 10.6 Å². The first-order valence-electron chi connectivity index (χ1n) is 14.5. The molecule has 2 bridgehead atoms. The molecule has 15 heteroatoms. The van der Waals surface area contributed by atoms with Crippen LogP contribution >= 0.6 is 0 Å². The third kappa shape index (κ3) is 6.58. The van der Waals surface area contributed by atoms with Gasteiger partial charge in [0, 0.05) is 17.8 Å². The Morgan fingerprint density at radius 1 is 0.978 bits per heavy atom. The highest BCUT2D eigenvalue weighted by molar-refractivity contribution is 7.92. The van der Waals surface area contributed by atoms with Crippen LogP contribution in [0.1, 0.15) is 55.3 Å². The van der Waals surface area contributed by atoms with Crippen molar-refractivity contribution in [1.82, 2.24) is 5.32 Å². The van der Waals surface area contributed by atoms with Crippen molar-refractivity contribution in [3.8, 4) is 11.5 Å². The van der Waals surface area contributed by atoms with E-state index in [-0.39, 0.29) is 41.0 Å². The zero-order chi connectivity index (χ0) is 32.7. The molecular formula is C30H32F4N2O8S. The zero-order valence-electron chi connectivity index (χ0n) is 24.1. The third-order valence-corrected chi connectivity index (χ3v) is 10.5. The molecule has 3 N–H and O–H groups in total. The minimum Gasteiger partial charge on any atom is -0.496 e. The molecule has 6 atom stereocenters. The minimum absolute atomic E-state index is 0.0634. The number of methoxy groups -OCH3 is 1. The summed E-state index contributed by atoms with van der Waals surface area (Å²) in [4.78, 5) is 37.4. The van der Waals surface area contributed by atoms with Crippen LogP contribution in [0.25, 0.3) is 0 Å². The number of carboxylic acids is 1. The van der Waals surface area contributed by atoms with Gasteiger partial charge >= 0.3 is 11.5 Å². The third-order valence-electron chi connectivity index (χ3n) is 9.00. The molecule has 244 valence electrons. The Balaban J connectivity index is 1.34. The van der Waals surface area contributed by atoms with Crippen molar-refractivity contribution in [2.75, 3.05) is 12.4 Å². The molecular weight excluding hydrogens is 624 g/mol. The number of rotatable bonds is 9. The van der Waals surface area contributed by atoms with Crippen LogP contribution in [-0.4, -0.2) is 56.1 Å². The standard InChI is InChI=1S/C30H32F4N2O8S/c1-43-23-14-22(31)24(44-19-6-2-4-17(11-19)29(39)40)13-21(23)27(37)36-26-16-9-8-15(10-16)25(26)28(38)35-18-5-3-7-20(12-18)45(41,42)30(32,33)34/h3,5,7,12-17,19,25-26H,2,4,6,8-11H2,1H3,(H,35,38)(H,36,37)(H,39,40)/t15-,16+,17-,19+,25+,26-/m1/s1. The van der Waals surface area contributed by atoms with Crippen LogP contribution in [-0.2, 0) is 19.4 Å². The van der Waals surface area contributed by atoms with Gasteiger partial charge in [-0.1, -0.05) is 6.07 Å². The van der Waals surface area contributed by atoms with Gasteiger partial charge in [-0.25, -0.2) is 12.8 Å². The summed E-state index contributed by atoms with van der Waals surface area (Å²) in [5.41, 5.74) is -5.72. The largest absolute Gasteiger partial charge is 0.501 e. The molecule has 45 heavy (non-hydrogen) atoms. The highest BCUT2D eigenvalue weighted by Crippen LogP contribution is 2.49. The van der Waals surface area contributed by atoms with Crippen LogP contribution in [0.5, 0.6) is 11.5 Å². The van der Waals surface area contributed by atoms with Crippen molar-refractivity contribution in [3.63, 3.8) is 0 Å². The van der Waals surface area contributed by atoms with Crippen molar-refractivity contribution < 1.29 is 54.9 Å². The Hall–Kier alpha value is -3.88. The molecule has 0 heterocycles. The molecule has 10 nitrogen and oxygen atoms in total. The first-order valence-corrected chi connectivity index (χ1v) is 16.0. The summed E-state index contributed by atoms with van der Waals surface area (Å²) in [6, 6.07) is 5.38. The van der Waals surface area contributed by atoms with Crippen LogP contribution in [0.2, 0.25) is 0 Å². The van der Waals surface area contributed by atoms with E-state index in [1.54, 1.807) is 0 Å². The van der Waals surface area contributed by atoms with Crippen molar-refractivity contribution in [1.29, 1.82) is 0 Å². The van der Waals surface area contributed by atoms with E-state index in [9.17, 15) is 45.5 Å². The summed E-state index contributed by atoms with van der Waals surface area (Å²) in [6.07, 6.45) is 3.25. The number of anilines is 1. The van der Waals surface area contributed by atoms with Crippen LogP contribution in [0.4, 0.5) is 23.2 Å². The van der Waals surface area contributed by atoms with Gasteiger partial charge in [0.25, 0.3) is 15.7 Å². The molecule has 0 unspecified atom stereocenters. The molecule has 0 spiro atoms. The number of carboxylic acid groups (broad SMARTS) is 1. The number of amides is 2. The number of sulfone groups is 1. The molecule has 0 aliphatic heterocycles. The van der Waals surface area contributed by atoms with E-state index in [4.69, 9.17) is 9.47 Å². The minimum atomic E-state index is -5.63. The fraction of sp³-hybridized carbons (Fsp3) is 0.500. The number of hydrogen-bond acceptors (Lipinski definition) is 7. The number of aliphatic carboxylic acids is 1. The smallest absolute Gasteiger partial charge is 0.496 e. The fourth-order valence-corrected chi connectivity index (χ4v) is 7.64. The molecule has 0 saturated heterocycles. The van der Waals surface area contributed by atoms with Gasteiger partial charge in [0.1, 0.15) is 5.75 Å². The van der Waals surface area contributed by atoms with Crippen molar-refractivity contribution in [2.24, 2.45) is 23.7 Å². The first kappa shape index (κ1) is 32.5. The molecule has 5 rings (SSSR count). The maximum atomic E-state index is 15.0. The lowest BCUT2D eigenvalue weighted by Gasteiger charge is -2.31. The number of nitrogens with one attached hydrogen (secondary N) is 2. The fourth-order valence-electron chi connectivity index (χ4n) is 6.83. The lowest BCUT2D eigenvalue weighted by Crippen LogP contribution is -2.48. The van der Waals surface area contributed by atoms with Gasteiger partial charge in [0.05, 0.1) is 35.5 Å². The molecule has 3 fully saturated rings. The second-order valence-corrected chi connectivity index (χ2v) is 13.7. The number of halogens is 4. The predicted molar refractivity (Wildman–Crippen MR) is 151 cm³/mol. The average molecular weight is 657 g/mol. The second kappa shape index (κ2) is 12.5. The maximum Gasteiger partial charge on any atom is 0.501 e. The molecule has 2 aromatic rings. The SMILES string of the molecule is COc1cc(F)c(O[C@H]2CCC[C@@H](C(=O)O)C2)cc1C(=O)N[C@@H]1[C@H]2CC[C@H](C2)[C@@H]1C(=O)Nc1cccc(S(=O)(=O)C(F)(F)F)c1. The molecule has 0 radical (unpaired) electrons. The Bertz CT molecular complexity index is 1600. The van der Waals surface area contributed by atoms with Gasteiger partial charge in [-0.05, 0) is 81.0 Å². The number of alkyl halides is 3. The number of benzene rings is 2. The lowest BCUT2D eigenvalue weighted by molar-refractivity contribution is -0.143. The molecule has 3 aliphatic rings. The summed E-state index contributed by atoms with van der Waals surface area (Å²) >= 11 is 0. The number of carbonyl (C=O) groups excluding carboxylic acids is 2. The van der Waals surface area contributed by atoms with Crippen molar-refractivity contribution in [3.05, 3.63) is 47.8 Å². The van der Waals surface area contributed by atoms with Gasteiger partial charge in [-0.2, -0.15) is 13.2 Å². The predicted octanol–water partition coefficient (Wildman–Crippen LogP) is 4.93. The van der Waals surface area contributed by atoms with Gasteiger partial charge in [0.15, 0.2) is 11.6 Å². The quantitative estimate of drug-likeness (QED) is 0.322. The lowest BCUT2D eigenvalue weighted by atomic mass is 9.83. The van der Waals surface area contributed by atoms with E-state index in [0.29, 0.717) is 32.1 Å². The van der Waals surface area contributed by atoms with E-state index in [1.165, 1.54) is 19.2 Å². The molecule has 2 amide bonds. The van der Waals surface area contributed by atoms with Crippen LogP contribution in [0.15, 0.2) is 41.3 Å². The van der Waals surface area contributed by atoms with E-state index < -0.39 is 67.8 Å². The van der Waals surface area contributed by atoms with Crippen molar-refractivity contribution >= 4 is 33.3 Å². The van der Waals surface area contributed by atoms with Crippen LogP contribution < -0.4 is 20.1 Å². The Kier molecular flexibility index (Phi) is 9.02. The van der Waals surface area contributed by atoms with E-state index >= 15 is 0 Å². The average Bonchev–Trinajstić information content (AvgIpc) is 3.59. The summed E-state index contributed by atoms with van der Waals surface area (Å²) in [6.45, 7) is 0. The molecule has 3 saturated carbocycles. The monoisotopic (exact) mass is 656 g/mol. The summed E-state index contributed by atoms with van der Waals surface area (Å²) in [5.74, 6) is -4.95. The highest BCUT2D eigenvalue weighted by Gasteiger charge is 2.52. The van der Waals surface area contributed by atoms with Gasteiger partial charge in [0.2, 0.25) is 5.91 Å². The number of hydrogen-bond donors (Lipinski definition) is 3. The summed E-state index contributed by atoms with van der Waals surface area (Å²) < 4.78 is 88.9. The molecule has 3 aliphatic carbocycles. The van der Waals surface area contributed by atoms with Gasteiger partial charge < -0.3 is 25.2 Å². The maximum absolute atomic E-state index is 15.0. The second-order valence-electron chi connectivity index (χ2n) is 11.7. The van der Waals surface area contributed by atoms with Gasteiger partial charge in [-0.3, -0.25) is 14.4 Å². The van der Waals surface area contributed by atoms with E-state index in [1.807, 2.05) is 0 Å². The number of ether oxygens (including phenoxy) is 2. The van der Waals surface area contributed by atoms with Crippen LogP contribution in [0.3, 0.4) is 0 Å². The Labute approximate surface area is 256 Å². The van der Waals surface area contributed by atoms with Crippen LogP contribution in [0, 0.1) is 29.5 Å². The Morgan fingerprint density at radius 2 is 1.71 bits per heavy atom. The number of carbonyl (C=O) groups is 3. The highest BCUT2D eigenvalue weighted by atomic mass is 32.2. The van der Waals surface area contributed by atoms with Gasteiger partial charge in [-0.15, -0.1) is 0 Å². The number of fused-ring (bicyclic) bond motifs is 2. The Morgan fingerprint density at radius 3 is 2.40 bits per heavy atom. The topological polar surface area (TPSA) is 148 Å². The van der Waals surface area contributed by atoms with Crippen molar-refractivity contribution in [2.45, 2.75) is 67.5 Å². The van der Waals surface area contributed by atoms with E-state index in [0.717, 1.165) is 30.7 Å². The zero-order valence-corrected chi connectivity index (χ0v) is 24.9. The summed E-state index contributed by atoms with van der Waals surface area (Å²) in [5, 5.41) is 14.7. The molecule has 0 aromatic heterocycles.